The number of ether oxygens (including phenoxy) is 1. The van der Waals surface area contributed by atoms with Crippen molar-refractivity contribution in [1.82, 2.24) is 9.97 Å². The van der Waals surface area contributed by atoms with Crippen molar-refractivity contribution in [2.24, 2.45) is 0 Å². The van der Waals surface area contributed by atoms with Crippen LogP contribution in [0.1, 0.15) is 17.0 Å². The van der Waals surface area contributed by atoms with Crippen molar-refractivity contribution in [2.75, 3.05) is 0 Å². The lowest BCUT2D eigenvalue weighted by Gasteiger charge is -2.10. The Hall–Kier alpha value is -2.36. The largest absolute Gasteiger partial charge is 0.485 e. The van der Waals surface area contributed by atoms with Gasteiger partial charge in [-0.2, -0.15) is 0 Å². The molecular formula is C16H15FN2O. The molecule has 0 saturated carbocycles. The first kappa shape index (κ1) is 12.7. The molecule has 1 aromatic heterocycles. The molecule has 102 valence electrons. The minimum Gasteiger partial charge on any atom is -0.485 e. The van der Waals surface area contributed by atoms with Crippen molar-refractivity contribution in [3.05, 3.63) is 59.2 Å². The maximum absolute atomic E-state index is 13.1. The van der Waals surface area contributed by atoms with E-state index in [1.165, 1.54) is 12.1 Å². The lowest BCUT2D eigenvalue weighted by atomic mass is 10.1. The average Bonchev–Trinajstić information content (AvgIpc) is 2.80. The highest BCUT2D eigenvalue weighted by molar-refractivity contribution is 5.74. The van der Waals surface area contributed by atoms with Crippen LogP contribution in [0.25, 0.3) is 11.0 Å². The van der Waals surface area contributed by atoms with Gasteiger partial charge in [0.05, 0.1) is 11.0 Å². The van der Waals surface area contributed by atoms with E-state index in [-0.39, 0.29) is 5.82 Å². The molecule has 0 atom stereocenters. The Morgan fingerprint density at radius 2 is 1.90 bits per heavy atom. The fraction of sp³-hybridized carbons (Fsp3) is 0.188. The summed E-state index contributed by atoms with van der Waals surface area (Å²) in [5.41, 5.74) is 3.61. The smallest absolute Gasteiger partial charge is 0.146 e. The zero-order valence-corrected chi connectivity index (χ0v) is 11.4. The van der Waals surface area contributed by atoms with Crippen LogP contribution in [0.2, 0.25) is 0 Å². The van der Waals surface area contributed by atoms with Crippen LogP contribution in [-0.2, 0) is 6.61 Å². The number of nitrogens with zero attached hydrogens (tertiary/aromatic N) is 1. The second-order valence-electron chi connectivity index (χ2n) is 4.85. The molecule has 0 unspecified atom stereocenters. The van der Waals surface area contributed by atoms with E-state index in [1.807, 2.05) is 32.0 Å². The van der Waals surface area contributed by atoms with Crippen LogP contribution < -0.4 is 4.74 Å². The molecule has 20 heavy (non-hydrogen) atoms. The van der Waals surface area contributed by atoms with Gasteiger partial charge >= 0.3 is 0 Å². The monoisotopic (exact) mass is 270 g/mol. The summed E-state index contributed by atoms with van der Waals surface area (Å²) in [5, 5.41) is 0. The number of aryl methyl sites for hydroxylation is 2. The van der Waals surface area contributed by atoms with Crippen molar-refractivity contribution in [3.8, 4) is 5.75 Å². The highest BCUT2D eigenvalue weighted by Gasteiger charge is 2.07. The van der Waals surface area contributed by atoms with E-state index in [4.69, 9.17) is 4.74 Å². The Morgan fingerprint density at radius 1 is 1.15 bits per heavy atom. The Morgan fingerprint density at radius 3 is 2.65 bits per heavy atom. The lowest BCUT2D eigenvalue weighted by molar-refractivity contribution is 0.293. The number of nitrogens with one attached hydrogen (secondary N) is 1. The highest BCUT2D eigenvalue weighted by Crippen LogP contribution is 2.23. The van der Waals surface area contributed by atoms with Crippen LogP contribution in [0.5, 0.6) is 5.75 Å². The van der Waals surface area contributed by atoms with Gasteiger partial charge in [-0.1, -0.05) is 18.2 Å². The summed E-state index contributed by atoms with van der Waals surface area (Å²) in [6.45, 7) is 4.36. The third-order valence-electron chi connectivity index (χ3n) is 3.25. The van der Waals surface area contributed by atoms with Crippen LogP contribution in [0, 0.1) is 19.7 Å². The van der Waals surface area contributed by atoms with Gasteiger partial charge < -0.3 is 9.72 Å². The Kier molecular flexibility index (Phi) is 3.14. The molecule has 1 N–H and O–H groups in total. The Bertz CT molecular complexity index is 744. The van der Waals surface area contributed by atoms with Crippen LogP contribution in [0.4, 0.5) is 4.39 Å². The van der Waals surface area contributed by atoms with Crippen molar-refractivity contribution < 1.29 is 9.13 Å². The molecule has 0 aliphatic heterocycles. The molecule has 4 heteroatoms. The number of halogens is 1. The van der Waals surface area contributed by atoms with Gasteiger partial charge in [0.25, 0.3) is 0 Å². The molecule has 1 heterocycles. The van der Waals surface area contributed by atoms with Gasteiger partial charge in [0.2, 0.25) is 0 Å². The number of H-pyrrole nitrogens is 1. The van der Waals surface area contributed by atoms with E-state index in [0.717, 1.165) is 22.4 Å². The number of benzene rings is 2. The fourth-order valence-electron chi connectivity index (χ4n) is 2.27. The highest BCUT2D eigenvalue weighted by atomic mass is 19.1. The summed E-state index contributed by atoms with van der Waals surface area (Å²) >= 11 is 0. The first-order chi connectivity index (χ1) is 9.63. The third kappa shape index (κ3) is 2.37. The van der Waals surface area contributed by atoms with Crippen LogP contribution in [-0.4, -0.2) is 9.97 Å². The quantitative estimate of drug-likeness (QED) is 0.783. The van der Waals surface area contributed by atoms with E-state index in [0.29, 0.717) is 17.9 Å². The summed E-state index contributed by atoms with van der Waals surface area (Å²) in [4.78, 5) is 7.45. The number of imidazole rings is 1. The predicted molar refractivity (Wildman–Crippen MR) is 76.3 cm³/mol. The standard InChI is InChI=1S/C16H15FN2O/c1-10-4-3-5-11(2)16(10)20-9-15-18-13-7-6-12(17)8-14(13)19-15/h3-8H,9H2,1-2H3,(H,18,19). The van der Waals surface area contributed by atoms with Crippen molar-refractivity contribution in [2.45, 2.75) is 20.5 Å². The maximum atomic E-state index is 13.1. The summed E-state index contributed by atoms with van der Waals surface area (Å²) in [5.74, 6) is 1.29. The van der Waals surface area contributed by atoms with Crippen LogP contribution in [0.15, 0.2) is 36.4 Å². The first-order valence-electron chi connectivity index (χ1n) is 6.46. The lowest BCUT2D eigenvalue weighted by Crippen LogP contribution is -2.00. The number of hydrogen-bond acceptors (Lipinski definition) is 2. The molecule has 3 rings (SSSR count). The molecular weight excluding hydrogens is 255 g/mol. The molecule has 0 saturated heterocycles. The maximum Gasteiger partial charge on any atom is 0.146 e. The molecule has 2 aromatic carbocycles. The molecule has 0 aliphatic carbocycles. The zero-order chi connectivity index (χ0) is 14.1. The van der Waals surface area contributed by atoms with Gasteiger partial charge in [0.15, 0.2) is 0 Å². The van der Waals surface area contributed by atoms with Gasteiger partial charge in [0.1, 0.15) is 24.0 Å². The van der Waals surface area contributed by atoms with Crippen LogP contribution >= 0.6 is 0 Å². The van der Waals surface area contributed by atoms with Crippen LogP contribution in [0.3, 0.4) is 0 Å². The number of hydrogen-bond donors (Lipinski definition) is 1. The van der Waals surface area contributed by atoms with E-state index in [9.17, 15) is 4.39 Å². The first-order valence-corrected chi connectivity index (χ1v) is 6.46. The SMILES string of the molecule is Cc1cccc(C)c1OCc1nc2ccc(F)cc2[nH]1. The normalized spacial score (nSPS) is 10.9. The summed E-state index contributed by atoms with van der Waals surface area (Å²) in [7, 11) is 0. The molecule has 3 nitrogen and oxygen atoms in total. The molecule has 3 aromatic rings. The minimum absolute atomic E-state index is 0.275. The van der Waals surface area contributed by atoms with E-state index < -0.39 is 0 Å². The van der Waals surface area contributed by atoms with Crippen molar-refractivity contribution >= 4 is 11.0 Å². The molecule has 0 aliphatic rings. The fourth-order valence-corrected chi connectivity index (χ4v) is 2.27. The molecule has 0 radical (unpaired) electrons. The van der Waals surface area contributed by atoms with Gasteiger partial charge in [0, 0.05) is 0 Å². The minimum atomic E-state index is -0.275. The van der Waals surface area contributed by atoms with Gasteiger partial charge in [-0.05, 0) is 43.2 Å². The number of fused-ring (bicyclic) bond motifs is 1. The number of rotatable bonds is 3. The van der Waals surface area contributed by atoms with Crippen molar-refractivity contribution in [3.63, 3.8) is 0 Å². The number of aromatic nitrogens is 2. The summed E-state index contributed by atoms with van der Waals surface area (Å²) in [6, 6.07) is 10.5. The summed E-state index contributed by atoms with van der Waals surface area (Å²) < 4.78 is 18.9. The summed E-state index contributed by atoms with van der Waals surface area (Å²) in [6.07, 6.45) is 0. The average molecular weight is 270 g/mol. The Labute approximate surface area is 116 Å². The zero-order valence-electron chi connectivity index (χ0n) is 11.4. The Balaban J connectivity index is 1.83. The third-order valence-corrected chi connectivity index (χ3v) is 3.25. The van der Waals surface area contributed by atoms with Crippen molar-refractivity contribution in [1.29, 1.82) is 0 Å². The topological polar surface area (TPSA) is 37.9 Å². The van der Waals surface area contributed by atoms with Gasteiger partial charge in [-0.3, -0.25) is 0 Å². The van der Waals surface area contributed by atoms with E-state index in [2.05, 4.69) is 9.97 Å². The second kappa shape index (κ2) is 4.96. The molecule has 0 fully saturated rings. The van der Waals surface area contributed by atoms with E-state index >= 15 is 0 Å². The molecule has 0 amide bonds. The molecule has 0 spiro atoms. The second-order valence-corrected chi connectivity index (χ2v) is 4.85. The van der Waals surface area contributed by atoms with Gasteiger partial charge in [-0.25, -0.2) is 9.37 Å². The molecule has 0 bridgehead atoms. The van der Waals surface area contributed by atoms with E-state index in [1.54, 1.807) is 6.07 Å². The van der Waals surface area contributed by atoms with Gasteiger partial charge in [-0.15, -0.1) is 0 Å². The number of aromatic amines is 1. The predicted octanol–water partition coefficient (Wildman–Crippen LogP) is 3.90. The number of para-hydroxylation sites is 1.